The summed E-state index contributed by atoms with van der Waals surface area (Å²) >= 11 is 0. The van der Waals surface area contributed by atoms with E-state index in [-0.39, 0.29) is 0 Å². The molecule has 5 heteroatoms. The van der Waals surface area contributed by atoms with Gasteiger partial charge in [-0.25, -0.2) is 9.97 Å². The first kappa shape index (κ1) is 13.4. The molecule has 2 N–H and O–H groups in total. The lowest BCUT2D eigenvalue weighted by atomic mass is 9.93. The third kappa shape index (κ3) is 1.65. The first-order valence-electron chi connectivity index (χ1n) is 7.91. The molecule has 0 bridgehead atoms. The SMILES string of the molecule is CCCN(C)c1nc2c(N)nc3cccc4c3c2n1CC4C. The second-order valence-electron chi connectivity index (χ2n) is 6.28. The Hall–Kier alpha value is -2.30. The van der Waals surface area contributed by atoms with Crippen LogP contribution in [-0.2, 0) is 6.54 Å². The lowest BCUT2D eigenvalue weighted by Gasteiger charge is -2.26. The van der Waals surface area contributed by atoms with Crippen molar-refractivity contribution in [3.8, 4) is 0 Å². The molecule has 3 heterocycles. The number of nitrogen functional groups attached to an aromatic ring is 1. The average molecular weight is 295 g/mol. The quantitative estimate of drug-likeness (QED) is 0.806. The van der Waals surface area contributed by atoms with Crippen LogP contribution in [0, 0.1) is 0 Å². The minimum atomic E-state index is 0.452. The van der Waals surface area contributed by atoms with E-state index in [9.17, 15) is 0 Å². The van der Waals surface area contributed by atoms with E-state index in [1.165, 1.54) is 10.9 Å². The zero-order valence-electron chi connectivity index (χ0n) is 13.3. The van der Waals surface area contributed by atoms with Gasteiger partial charge in [0.05, 0.1) is 11.0 Å². The number of imidazole rings is 1. The van der Waals surface area contributed by atoms with Gasteiger partial charge in [0.15, 0.2) is 5.82 Å². The summed E-state index contributed by atoms with van der Waals surface area (Å²) in [6, 6.07) is 6.32. The van der Waals surface area contributed by atoms with Crippen LogP contribution in [0.1, 0.15) is 31.7 Å². The van der Waals surface area contributed by atoms with Gasteiger partial charge in [0, 0.05) is 25.5 Å². The summed E-state index contributed by atoms with van der Waals surface area (Å²) in [5, 5.41) is 1.22. The Morgan fingerprint density at radius 2 is 2.18 bits per heavy atom. The number of aromatic nitrogens is 3. The second kappa shape index (κ2) is 4.60. The van der Waals surface area contributed by atoms with Gasteiger partial charge in [-0.05, 0) is 24.0 Å². The number of benzene rings is 1. The lowest BCUT2D eigenvalue weighted by molar-refractivity contribution is 0.598. The van der Waals surface area contributed by atoms with Gasteiger partial charge in [0.2, 0.25) is 5.95 Å². The van der Waals surface area contributed by atoms with Crippen molar-refractivity contribution >= 4 is 33.7 Å². The van der Waals surface area contributed by atoms with E-state index < -0.39 is 0 Å². The summed E-state index contributed by atoms with van der Waals surface area (Å²) in [5.74, 6) is 1.98. The van der Waals surface area contributed by atoms with E-state index in [1.807, 2.05) is 6.07 Å². The van der Waals surface area contributed by atoms with Gasteiger partial charge in [-0.3, -0.25) is 0 Å². The van der Waals surface area contributed by atoms with E-state index >= 15 is 0 Å². The molecule has 22 heavy (non-hydrogen) atoms. The number of hydrogen-bond donors (Lipinski definition) is 1. The van der Waals surface area contributed by atoms with Crippen molar-refractivity contribution in [1.82, 2.24) is 14.5 Å². The number of hydrogen-bond acceptors (Lipinski definition) is 4. The largest absolute Gasteiger partial charge is 0.382 e. The van der Waals surface area contributed by atoms with Crippen LogP contribution in [0.25, 0.3) is 21.9 Å². The molecule has 0 amide bonds. The Kier molecular flexibility index (Phi) is 2.79. The van der Waals surface area contributed by atoms with Gasteiger partial charge < -0.3 is 15.2 Å². The number of pyridine rings is 1. The lowest BCUT2D eigenvalue weighted by Crippen LogP contribution is -2.24. The minimum absolute atomic E-state index is 0.452. The van der Waals surface area contributed by atoms with Crippen molar-refractivity contribution < 1.29 is 0 Å². The van der Waals surface area contributed by atoms with Gasteiger partial charge in [-0.2, -0.15) is 0 Å². The number of nitrogens with two attached hydrogens (primary N) is 1. The smallest absolute Gasteiger partial charge is 0.206 e. The fourth-order valence-electron chi connectivity index (χ4n) is 3.65. The molecule has 114 valence electrons. The molecule has 0 aliphatic carbocycles. The van der Waals surface area contributed by atoms with Gasteiger partial charge >= 0.3 is 0 Å². The van der Waals surface area contributed by atoms with Gasteiger partial charge in [-0.15, -0.1) is 0 Å². The first-order valence-corrected chi connectivity index (χ1v) is 7.91. The number of nitrogens with zero attached hydrogens (tertiary/aromatic N) is 4. The van der Waals surface area contributed by atoms with Crippen LogP contribution in [0.2, 0.25) is 0 Å². The minimum Gasteiger partial charge on any atom is -0.382 e. The fourth-order valence-corrected chi connectivity index (χ4v) is 3.65. The highest BCUT2D eigenvalue weighted by atomic mass is 15.3. The molecule has 1 atom stereocenters. The molecule has 0 fully saturated rings. The molecule has 1 aliphatic heterocycles. The molecule has 5 nitrogen and oxygen atoms in total. The Bertz CT molecular complexity index is 880. The molecular formula is C17H21N5. The fraction of sp³-hybridized carbons (Fsp3) is 0.412. The van der Waals surface area contributed by atoms with Crippen molar-refractivity contribution in [3.05, 3.63) is 23.8 Å². The van der Waals surface area contributed by atoms with Crippen LogP contribution in [0.4, 0.5) is 11.8 Å². The highest BCUT2D eigenvalue weighted by Gasteiger charge is 2.27. The highest BCUT2D eigenvalue weighted by Crippen LogP contribution is 2.40. The predicted octanol–water partition coefficient (Wildman–Crippen LogP) is 3.13. The summed E-state index contributed by atoms with van der Waals surface area (Å²) in [7, 11) is 2.10. The first-order chi connectivity index (χ1) is 10.6. The normalized spacial score (nSPS) is 16.8. The second-order valence-corrected chi connectivity index (χ2v) is 6.28. The molecule has 4 rings (SSSR count). The van der Waals surface area contributed by atoms with Crippen LogP contribution in [0.15, 0.2) is 18.2 Å². The Morgan fingerprint density at radius 1 is 1.36 bits per heavy atom. The van der Waals surface area contributed by atoms with E-state index in [4.69, 9.17) is 10.7 Å². The van der Waals surface area contributed by atoms with Crippen LogP contribution >= 0.6 is 0 Å². The molecule has 0 spiro atoms. The molecule has 2 aromatic heterocycles. The molecule has 0 saturated carbocycles. The van der Waals surface area contributed by atoms with Crippen molar-refractivity contribution in [3.63, 3.8) is 0 Å². The average Bonchev–Trinajstić information content (AvgIpc) is 2.88. The Labute approximate surface area is 129 Å². The van der Waals surface area contributed by atoms with E-state index in [1.54, 1.807) is 0 Å². The van der Waals surface area contributed by atoms with E-state index in [2.05, 4.69) is 47.5 Å². The molecule has 1 aromatic carbocycles. The molecule has 1 unspecified atom stereocenters. The monoisotopic (exact) mass is 295 g/mol. The number of anilines is 2. The molecule has 1 aliphatic rings. The van der Waals surface area contributed by atoms with Gasteiger partial charge in [0.25, 0.3) is 0 Å². The molecule has 3 aromatic rings. The topological polar surface area (TPSA) is 60.0 Å². The molecule has 0 saturated heterocycles. The van der Waals surface area contributed by atoms with Gasteiger partial charge in [-0.1, -0.05) is 26.0 Å². The Morgan fingerprint density at radius 3 is 2.95 bits per heavy atom. The molecular weight excluding hydrogens is 274 g/mol. The van der Waals surface area contributed by atoms with E-state index in [0.717, 1.165) is 42.0 Å². The van der Waals surface area contributed by atoms with Gasteiger partial charge in [0.1, 0.15) is 5.52 Å². The van der Waals surface area contributed by atoms with Crippen molar-refractivity contribution in [1.29, 1.82) is 0 Å². The summed E-state index contributed by atoms with van der Waals surface area (Å²) in [4.78, 5) is 11.6. The summed E-state index contributed by atoms with van der Waals surface area (Å²) in [6.07, 6.45) is 1.09. The summed E-state index contributed by atoms with van der Waals surface area (Å²) < 4.78 is 2.32. The van der Waals surface area contributed by atoms with Crippen LogP contribution < -0.4 is 10.6 Å². The zero-order chi connectivity index (χ0) is 15.4. The maximum Gasteiger partial charge on any atom is 0.206 e. The maximum atomic E-state index is 6.18. The van der Waals surface area contributed by atoms with E-state index in [0.29, 0.717) is 11.7 Å². The highest BCUT2D eigenvalue weighted by molar-refractivity contribution is 6.09. The summed E-state index contributed by atoms with van der Waals surface area (Å²) in [5.41, 5.74) is 10.5. The third-order valence-corrected chi connectivity index (χ3v) is 4.63. The number of rotatable bonds is 3. The van der Waals surface area contributed by atoms with Crippen LogP contribution in [0.5, 0.6) is 0 Å². The molecule has 0 radical (unpaired) electrons. The van der Waals surface area contributed by atoms with Crippen LogP contribution in [0.3, 0.4) is 0 Å². The van der Waals surface area contributed by atoms with Crippen LogP contribution in [-0.4, -0.2) is 28.1 Å². The standard InChI is InChI=1S/C17H21N5/c1-4-8-21(3)17-20-14-15-13-11(10(2)9-22(15)17)6-5-7-12(13)19-16(14)18/h5-7,10H,4,8-9H2,1-3H3,(H2,18,19). The van der Waals surface area contributed by atoms with Crippen molar-refractivity contribution in [2.75, 3.05) is 24.2 Å². The van der Waals surface area contributed by atoms with Crippen molar-refractivity contribution in [2.45, 2.75) is 32.7 Å². The third-order valence-electron chi connectivity index (χ3n) is 4.63. The predicted molar refractivity (Wildman–Crippen MR) is 91.4 cm³/mol. The zero-order valence-corrected chi connectivity index (χ0v) is 13.3. The maximum absolute atomic E-state index is 6.18. The van der Waals surface area contributed by atoms with Crippen molar-refractivity contribution in [2.24, 2.45) is 0 Å². The summed E-state index contributed by atoms with van der Waals surface area (Å²) in [6.45, 7) is 6.37. The Balaban J connectivity index is 2.13.